The van der Waals surface area contributed by atoms with E-state index in [1.807, 2.05) is 6.07 Å². The number of hydrogen-bond acceptors (Lipinski definition) is 7. The molecule has 0 saturated carbocycles. The van der Waals surface area contributed by atoms with Gasteiger partial charge >= 0.3 is 5.97 Å². The molecule has 0 spiro atoms. The summed E-state index contributed by atoms with van der Waals surface area (Å²) in [6.07, 6.45) is 0.213. The van der Waals surface area contributed by atoms with Crippen LogP contribution in [0.15, 0.2) is 42.5 Å². The standard InChI is InChI=1S/C29H40F2N4O5/c1-29(39,21-10-4-3-5-11-21)28(38)34-23(27(36)37)15-18-35(19-24(40-2)25(30)31)17-7-6-12-22-14-13-20-9-8-16-32-26(20)33-22/h3-5,10-11,13-14,23-25,39H,6-9,12,15-19H2,1-2H3,(H,32,33)(H,34,38)(H,36,37). The first-order valence-corrected chi connectivity index (χ1v) is 13.7. The Kier molecular flexibility index (Phi) is 11.8. The summed E-state index contributed by atoms with van der Waals surface area (Å²) in [5.41, 5.74) is 0.554. The van der Waals surface area contributed by atoms with Crippen LogP contribution >= 0.6 is 0 Å². The molecule has 11 heteroatoms. The summed E-state index contributed by atoms with van der Waals surface area (Å²) in [7, 11) is 1.22. The summed E-state index contributed by atoms with van der Waals surface area (Å²) in [5.74, 6) is -1.20. The molecular formula is C29H40F2N4O5. The Balaban J connectivity index is 1.58. The van der Waals surface area contributed by atoms with E-state index < -0.39 is 36.0 Å². The average molecular weight is 563 g/mol. The van der Waals surface area contributed by atoms with Gasteiger partial charge in [0.05, 0.1) is 0 Å². The molecule has 4 N–H and O–H groups in total. The molecule has 2 aromatic rings. The van der Waals surface area contributed by atoms with Gasteiger partial charge in [0.25, 0.3) is 12.3 Å². The molecule has 0 radical (unpaired) electrons. The summed E-state index contributed by atoms with van der Waals surface area (Å²) < 4.78 is 31.9. The number of aryl methyl sites for hydroxylation is 2. The predicted molar refractivity (Wildman–Crippen MR) is 147 cm³/mol. The number of carbonyl (C=O) groups is 2. The van der Waals surface area contributed by atoms with Crippen LogP contribution in [-0.2, 0) is 32.8 Å². The molecule has 0 fully saturated rings. The summed E-state index contributed by atoms with van der Waals surface area (Å²) in [6, 6.07) is 11.0. The fourth-order valence-corrected chi connectivity index (χ4v) is 4.72. The van der Waals surface area contributed by atoms with Crippen LogP contribution in [0.4, 0.5) is 14.6 Å². The van der Waals surface area contributed by atoms with Crippen molar-refractivity contribution in [1.29, 1.82) is 0 Å². The molecule has 220 valence electrons. The smallest absolute Gasteiger partial charge is 0.326 e. The maximum Gasteiger partial charge on any atom is 0.326 e. The molecular weight excluding hydrogens is 522 g/mol. The van der Waals surface area contributed by atoms with E-state index in [1.54, 1.807) is 35.2 Å². The number of amides is 1. The lowest BCUT2D eigenvalue weighted by molar-refractivity contribution is -0.147. The Labute approximate surface area is 233 Å². The van der Waals surface area contributed by atoms with Crippen LogP contribution in [0.1, 0.15) is 49.4 Å². The molecule has 40 heavy (non-hydrogen) atoms. The highest BCUT2D eigenvalue weighted by Gasteiger charge is 2.35. The number of fused-ring (bicyclic) bond motifs is 1. The van der Waals surface area contributed by atoms with Crippen molar-refractivity contribution in [2.45, 2.75) is 69.6 Å². The third-order valence-corrected chi connectivity index (χ3v) is 7.25. The van der Waals surface area contributed by atoms with Gasteiger partial charge in [-0.05, 0) is 69.2 Å². The van der Waals surface area contributed by atoms with Crippen molar-refractivity contribution in [2.24, 2.45) is 0 Å². The highest BCUT2D eigenvalue weighted by Crippen LogP contribution is 2.22. The van der Waals surface area contributed by atoms with Crippen LogP contribution in [0.5, 0.6) is 0 Å². The number of carboxylic acid groups (broad SMARTS) is 1. The Morgan fingerprint density at radius 3 is 2.60 bits per heavy atom. The zero-order valence-electron chi connectivity index (χ0n) is 23.1. The van der Waals surface area contributed by atoms with Gasteiger partial charge in [-0.2, -0.15) is 0 Å². The number of halogens is 2. The second-order valence-electron chi connectivity index (χ2n) is 10.3. The molecule has 0 saturated heterocycles. The molecule has 1 aliphatic heterocycles. The number of hydrogen-bond donors (Lipinski definition) is 4. The number of anilines is 1. The van der Waals surface area contributed by atoms with E-state index in [2.05, 4.69) is 16.7 Å². The van der Waals surface area contributed by atoms with E-state index in [9.17, 15) is 28.6 Å². The van der Waals surface area contributed by atoms with E-state index in [0.29, 0.717) is 18.5 Å². The number of carboxylic acids is 1. The van der Waals surface area contributed by atoms with Crippen molar-refractivity contribution >= 4 is 17.7 Å². The van der Waals surface area contributed by atoms with Gasteiger partial charge in [0.15, 0.2) is 5.60 Å². The van der Waals surface area contributed by atoms with Crippen LogP contribution in [0.25, 0.3) is 0 Å². The molecule has 3 unspecified atom stereocenters. The first-order chi connectivity index (χ1) is 19.1. The fourth-order valence-electron chi connectivity index (χ4n) is 4.72. The van der Waals surface area contributed by atoms with E-state index in [1.165, 1.54) is 19.6 Å². The molecule has 9 nitrogen and oxygen atoms in total. The molecule has 1 aromatic heterocycles. The van der Waals surface area contributed by atoms with Crippen LogP contribution in [0.2, 0.25) is 0 Å². The number of aliphatic hydroxyl groups is 1. The zero-order valence-corrected chi connectivity index (χ0v) is 23.1. The molecule has 3 atom stereocenters. The Morgan fingerprint density at radius 1 is 1.18 bits per heavy atom. The Morgan fingerprint density at radius 2 is 1.93 bits per heavy atom. The number of pyridine rings is 1. The average Bonchev–Trinajstić information content (AvgIpc) is 2.95. The van der Waals surface area contributed by atoms with Gasteiger partial charge in [0, 0.05) is 32.4 Å². The number of rotatable bonds is 16. The number of aliphatic carboxylic acids is 1. The predicted octanol–water partition coefficient (Wildman–Crippen LogP) is 3.21. The monoisotopic (exact) mass is 562 g/mol. The van der Waals surface area contributed by atoms with Gasteiger partial charge in [0.1, 0.15) is 18.0 Å². The minimum absolute atomic E-state index is 0.0380. The second-order valence-corrected chi connectivity index (χ2v) is 10.3. The van der Waals surface area contributed by atoms with Gasteiger partial charge in [0.2, 0.25) is 0 Å². The van der Waals surface area contributed by atoms with Crippen LogP contribution in [0, 0.1) is 0 Å². The molecule has 1 aliphatic rings. The van der Waals surface area contributed by atoms with Gasteiger partial charge < -0.3 is 30.5 Å². The third-order valence-electron chi connectivity index (χ3n) is 7.25. The second kappa shape index (κ2) is 15.0. The number of unbranched alkanes of at least 4 members (excludes halogenated alkanes) is 1. The summed E-state index contributed by atoms with van der Waals surface area (Å²) in [6.45, 7) is 2.69. The molecule has 0 bridgehead atoms. The van der Waals surface area contributed by atoms with E-state index in [4.69, 9.17) is 9.72 Å². The Bertz CT molecular complexity index is 1100. The number of nitrogens with zero attached hydrogens (tertiary/aromatic N) is 2. The minimum atomic E-state index is -2.70. The number of aromatic nitrogens is 1. The minimum Gasteiger partial charge on any atom is -0.480 e. The van der Waals surface area contributed by atoms with Crippen LogP contribution < -0.4 is 10.6 Å². The maximum atomic E-state index is 13.5. The number of ether oxygens (including phenoxy) is 1. The Hall–Kier alpha value is -3.15. The molecule has 1 amide bonds. The fraction of sp³-hybridized carbons (Fsp3) is 0.552. The number of carbonyl (C=O) groups excluding carboxylic acids is 1. The van der Waals surface area contributed by atoms with Crippen molar-refractivity contribution in [1.82, 2.24) is 15.2 Å². The third kappa shape index (κ3) is 8.94. The van der Waals surface area contributed by atoms with Crippen LogP contribution in [0.3, 0.4) is 0 Å². The van der Waals surface area contributed by atoms with Crippen molar-refractivity contribution in [3.05, 3.63) is 59.3 Å². The van der Waals surface area contributed by atoms with Crippen molar-refractivity contribution in [3.63, 3.8) is 0 Å². The quantitative estimate of drug-likeness (QED) is 0.230. The van der Waals surface area contributed by atoms with Gasteiger partial charge in [-0.25, -0.2) is 18.6 Å². The first-order valence-electron chi connectivity index (χ1n) is 13.7. The lowest BCUT2D eigenvalue weighted by Crippen LogP contribution is -2.50. The van der Waals surface area contributed by atoms with Gasteiger partial charge in [-0.15, -0.1) is 0 Å². The highest BCUT2D eigenvalue weighted by atomic mass is 19.3. The van der Waals surface area contributed by atoms with E-state index in [-0.39, 0.29) is 19.5 Å². The van der Waals surface area contributed by atoms with Crippen molar-refractivity contribution in [3.8, 4) is 0 Å². The lowest BCUT2D eigenvalue weighted by atomic mass is 9.94. The molecule has 3 rings (SSSR count). The van der Waals surface area contributed by atoms with Crippen molar-refractivity contribution < 1.29 is 33.3 Å². The summed E-state index contributed by atoms with van der Waals surface area (Å²) in [4.78, 5) is 31.2. The number of alkyl halides is 2. The summed E-state index contributed by atoms with van der Waals surface area (Å²) >= 11 is 0. The molecule has 0 aliphatic carbocycles. The van der Waals surface area contributed by atoms with Crippen LogP contribution in [-0.4, -0.2) is 83.8 Å². The largest absolute Gasteiger partial charge is 0.480 e. The van der Waals surface area contributed by atoms with E-state index in [0.717, 1.165) is 43.7 Å². The van der Waals surface area contributed by atoms with Gasteiger partial charge in [-0.1, -0.05) is 36.4 Å². The molecule has 2 heterocycles. The molecule has 1 aromatic carbocycles. The number of methoxy groups -OCH3 is 1. The SMILES string of the molecule is COC(CN(CCCCc1ccc2c(n1)NCCC2)CCC(NC(=O)C(C)(O)c1ccccc1)C(=O)O)C(F)F. The summed E-state index contributed by atoms with van der Waals surface area (Å²) in [5, 5.41) is 26.2. The number of nitrogens with one attached hydrogen (secondary N) is 2. The highest BCUT2D eigenvalue weighted by molar-refractivity contribution is 5.89. The van der Waals surface area contributed by atoms with E-state index >= 15 is 0 Å². The normalized spacial score (nSPS) is 16.1. The zero-order chi connectivity index (χ0) is 29.1. The van der Waals surface area contributed by atoms with Crippen molar-refractivity contribution in [2.75, 3.05) is 38.6 Å². The van der Waals surface area contributed by atoms with Gasteiger partial charge in [-0.3, -0.25) is 4.79 Å². The lowest BCUT2D eigenvalue weighted by Gasteiger charge is -2.29. The topological polar surface area (TPSA) is 124 Å². The number of benzene rings is 1. The first kappa shape index (κ1) is 31.4. The maximum absolute atomic E-state index is 13.5.